The SMILES string of the molecule is CCOC(=O)c1cc(-c2c(OC(C)C)ccc3ccccc23)c2c(n1)c1ccccc1n2Cc1ccccc1. The van der Waals surface area contributed by atoms with Crippen LogP contribution in [0, 0.1) is 0 Å². The summed E-state index contributed by atoms with van der Waals surface area (Å²) in [6, 6.07) is 32.9. The molecule has 0 spiro atoms. The smallest absolute Gasteiger partial charge is 0.356 e. The molecule has 0 aliphatic rings. The molecule has 39 heavy (non-hydrogen) atoms. The Morgan fingerprint density at radius 1 is 0.872 bits per heavy atom. The zero-order valence-electron chi connectivity index (χ0n) is 22.3. The average molecular weight is 515 g/mol. The van der Waals surface area contributed by atoms with Crippen LogP contribution in [0.1, 0.15) is 36.8 Å². The van der Waals surface area contributed by atoms with Crippen LogP contribution in [0.25, 0.3) is 43.8 Å². The summed E-state index contributed by atoms with van der Waals surface area (Å²) in [5, 5.41) is 3.13. The lowest BCUT2D eigenvalue weighted by molar-refractivity contribution is 0.0520. The molecule has 2 aromatic heterocycles. The lowest BCUT2D eigenvalue weighted by atomic mass is 9.95. The first-order valence-electron chi connectivity index (χ1n) is 13.4. The third-order valence-electron chi connectivity index (χ3n) is 6.90. The van der Waals surface area contributed by atoms with Crippen molar-refractivity contribution in [3.05, 3.63) is 108 Å². The van der Waals surface area contributed by atoms with Gasteiger partial charge in [0.1, 0.15) is 11.4 Å². The maximum absolute atomic E-state index is 13.1. The molecular formula is C34H30N2O3. The summed E-state index contributed by atoms with van der Waals surface area (Å²) in [5.74, 6) is 0.328. The molecule has 0 aliphatic heterocycles. The van der Waals surface area contributed by atoms with Crippen LogP contribution in [0.2, 0.25) is 0 Å². The van der Waals surface area contributed by atoms with E-state index in [-0.39, 0.29) is 18.4 Å². The highest BCUT2D eigenvalue weighted by atomic mass is 16.5. The fraction of sp³-hybridized carbons (Fsp3) is 0.176. The van der Waals surface area contributed by atoms with E-state index in [0.717, 1.165) is 49.6 Å². The highest BCUT2D eigenvalue weighted by Gasteiger charge is 2.24. The molecule has 0 fully saturated rings. The number of carbonyl (C=O) groups excluding carboxylic acids is 1. The monoisotopic (exact) mass is 514 g/mol. The number of aromatic nitrogens is 2. The van der Waals surface area contributed by atoms with E-state index < -0.39 is 5.97 Å². The fourth-order valence-electron chi connectivity index (χ4n) is 5.34. The number of hydrogen-bond donors (Lipinski definition) is 0. The van der Waals surface area contributed by atoms with Gasteiger partial charge < -0.3 is 14.0 Å². The number of carbonyl (C=O) groups is 1. The molecule has 0 amide bonds. The lowest BCUT2D eigenvalue weighted by Crippen LogP contribution is -2.10. The van der Waals surface area contributed by atoms with Crippen LogP contribution in [-0.2, 0) is 11.3 Å². The van der Waals surface area contributed by atoms with E-state index in [2.05, 4.69) is 59.2 Å². The molecule has 6 rings (SSSR count). The van der Waals surface area contributed by atoms with Gasteiger partial charge in [-0.25, -0.2) is 9.78 Å². The van der Waals surface area contributed by atoms with Gasteiger partial charge >= 0.3 is 5.97 Å². The molecule has 0 saturated carbocycles. The first kappa shape index (κ1) is 24.7. The quantitative estimate of drug-likeness (QED) is 0.202. The molecule has 6 aromatic rings. The Labute approximate surface area is 227 Å². The fourth-order valence-corrected chi connectivity index (χ4v) is 5.34. The Morgan fingerprint density at radius 2 is 1.59 bits per heavy atom. The second-order valence-electron chi connectivity index (χ2n) is 9.89. The predicted octanol–water partition coefficient (Wildman–Crippen LogP) is 8.02. The molecule has 0 N–H and O–H groups in total. The van der Waals surface area contributed by atoms with Crippen molar-refractivity contribution < 1.29 is 14.3 Å². The number of rotatable bonds is 7. The Balaban J connectivity index is 1.77. The molecule has 0 atom stereocenters. The normalized spacial score (nSPS) is 11.5. The van der Waals surface area contributed by atoms with Crippen molar-refractivity contribution in [2.24, 2.45) is 0 Å². The first-order valence-corrected chi connectivity index (χ1v) is 13.4. The number of esters is 1. The maximum Gasteiger partial charge on any atom is 0.356 e. The summed E-state index contributed by atoms with van der Waals surface area (Å²) in [6.45, 7) is 6.79. The number of ether oxygens (including phenoxy) is 2. The Bertz CT molecular complexity index is 1820. The average Bonchev–Trinajstić information content (AvgIpc) is 3.26. The number of pyridine rings is 1. The van der Waals surface area contributed by atoms with Crippen molar-refractivity contribution in [2.45, 2.75) is 33.4 Å². The van der Waals surface area contributed by atoms with E-state index in [4.69, 9.17) is 14.5 Å². The van der Waals surface area contributed by atoms with Crippen LogP contribution in [0.4, 0.5) is 0 Å². The third kappa shape index (κ3) is 4.50. The number of hydrogen-bond acceptors (Lipinski definition) is 4. The van der Waals surface area contributed by atoms with Gasteiger partial charge in [0.15, 0.2) is 0 Å². The van der Waals surface area contributed by atoms with Crippen molar-refractivity contribution in [1.29, 1.82) is 0 Å². The van der Waals surface area contributed by atoms with Crippen LogP contribution in [0.3, 0.4) is 0 Å². The second-order valence-corrected chi connectivity index (χ2v) is 9.89. The first-order chi connectivity index (χ1) is 19.0. The molecule has 5 heteroatoms. The molecular weight excluding hydrogens is 484 g/mol. The van der Waals surface area contributed by atoms with Gasteiger partial charge in [-0.05, 0) is 55.3 Å². The summed E-state index contributed by atoms with van der Waals surface area (Å²) in [6.07, 6.45) is -0.0260. The van der Waals surface area contributed by atoms with Gasteiger partial charge in [-0.2, -0.15) is 0 Å². The summed E-state index contributed by atoms with van der Waals surface area (Å²) in [5.41, 5.74) is 6.07. The molecule has 0 radical (unpaired) electrons. The Morgan fingerprint density at radius 3 is 2.36 bits per heavy atom. The van der Waals surface area contributed by atoms with Crippen molar-refractivity contribution in [1.82, 2.24) is 9.55 Å². The largest absolute Gasteiger partial charge is 0.490 e. The minimum Gasteiger partial charge on any atom is -0.490 e. The van der Waals surface area contributed by atoms with Crippen LogP contribution in [0.15, 0.2) is 97.1 Å². The molecule has 0 aliphatic carbocycles. The summed E-state index contributed by atoms with van der Waals surface area (Å²) < 4.78 is 14.1. The predicted molar refractivity (Wildman–Crippen MR) is 157 cm³/mol. The van der Waals surface area contributed by atoms with E-state index in [1.807, 2.05) is 63.2 Å². The number of para-hydroxylation sites is 1. The van der Waals surface area contributed by atoms with Gasteiger partial charge in [-0.15, -0.1) is 0 Å². The van der Waals surface area contributed by atoms with Gasteiger partial charge in [0.05, 0.1) is 29.3 Å². The number of fused-ring (bicyclic) bond motifs is 4. The van der Waals surface area contributed by atoms with E-state index in [1.54, 1.807) is 0 Å². The zero-order chi connectivity index (χ0) is 26.9. The van der Waals surface area contributed by atoms with Crippen LogP contribution in [-0.4, -0.2) is 28.2 Å². The van der Waals surface area contributed by atoms with Crippen LogP contribution >= 0.6 is 0 Å². The second kappa shape index (κ2) is 10.3. The summed E-state index contributed by atoms with van der Waals surface area (Å²) in [4.78, 5) is 18.0. The van der Waals surface area contributed by atoms with E-state index in [1.165, 1.54) is 5.56 Å². The van der Waals surface area contributed by atoms with Gasteiger partial charge in [-0.3, -0.25) is 0 Å². The number of nitrogens with zero attached hydrogens (tertiary/aromatic N) is 2. The summed E-state index contributed by atoms with van der Waals surface area (Å²) >= 11 is 0. The van der Waals surface area contributed by atoms with E-state index in [0.29, 0.717) is 6.54 Å². The molecule has 2 heterocycles. The van der Waals surface area contributed by atoms with E-state index >= 15 is 0 Å². The highest BCUT2D eigenvalue weighted by molar-refractivity contribution is 6.15. The molecule has 194 valence electrons. The molecule has 5 nitrogen and oxygen atoms in total. The van der Waals surface area contributed by atoms with Crippen LogP contribution < -0.4 is 4.74 Å². The zero-order valence-corrected chi connectivity index (χ0v) is 22.3. The maximum atomic E-state index is 13.1. The minimum atomic E-state index is -0.438. The minimum absolute atomic E-state index is 0.0260. The Hall–Kier alpha value is -4.64. The molecule has 0 saturated heterocycles. The van der Waals surface area contributed by atoms with Gasteiger partial charge in [0.25, 0.3) is 0 Å². The van der Waals surface area contributed by atoms with Crippen LogP contribution in [0.5, 0.6) is 5.75 Å². The van der Waals surface area contributed by atoms with Crippen molar-refractivity contribution >= 4 is 38.7 Å². The van der Waals surface area contributed by atoms with Crippen molar-refractivity contribution in [3.63, 3.8) is 0 Å². The van der Waals surface area contributed by atoms with Crippen molar-refractivity contribution in [3.8, 4) is 16.9 Å². The highest BCUT2D eigenvalue weighted by Crippen LogP contribution is 2.43. The van der Waals surface area contributed by atoms with Gasteiger partial charge in [0.2, 0.25) is 0 Å². The number of benzene rings is 4. The standard InChI is InChI=1S/C34H30N2O3/c1-4-38-34(37)28-20-27(31-25-15-9-8-14-24(25)18-19-30(31)39-22(2)3)33-32(35-28)26-16-10-11-17-29(26)36(33)21-23-12-6-5-7-13-23/h5-20,22H,4,21H2,1-3H3. The summed E-state index contributed by atoms with van der Waals surface area (Å²) in [7, 11) is 0. The molecule has 4 aromatic carbocycles. The van der Waals surface area contributed by atoms with Gasteiger partial charge in [-0.1, -0.05) is 78.9 Å². The lowest BCUT2D eigenvalue weighted by Gasteiger charge is -2.19. The van der Waals surface area contributed by atoms with Crippen molar-refractivity contribution in [2.75, 3.05) is 6.61 Å². The third-order valence-corrected chi connectivity index (χ3v) is 6.90. The Kier molecular flexibility index (Phi) is 6.49. The topological polar surface area (TPSA) is 53.4 Å². The molecule has 0 unspecified atom stereocenters. The van der Waals surface area contributed by atoms with E-state index in [9.17, 15) is 4.79 Å². The van der Waals surface area contributed by atoms with Gasteiger partial charge in [0, 0.05) is 23.1 Å². The molecule has 0 bridgehead atoms.